The zero-order chi connectivity index (χ0) is 11.4. The quantitative estimate of drug-likeness (QED) is 0.840. The summed E-state index contributed by atoms with van der Waals surface area (Å²) in [4.78, 5) is 12.3. The van der Waals surface area contributed by atoms with Crippen molar-refractivity contribution in [2.45, 2.75) is 33.1 Å². The third kappa shape index (κ3) is 2.96. The van der Waals surface area contributed by atoms with Crippen LogP contribution in [0.2, 0.25) is 0 Å². The molecule has 0 aromatic carbocycles. The molecule has 0 aliphatic heterocycles. The Morgan fingerprint density at radius 3 is 2.73 bits per heavy atom. The fourth-order valence-electron chi connectivity index (χ4n) is 1.15. The van der Waals surface area contributed by atoms with Crippen LogP contribution in [0.3, 0.4) is 0 Å². The fourth-order valence-corrected chi connectivity index (χ4v) is 2.09. The van der Waals surface area contributed by atoms with Gasteiger partial charge in [0.05, 0.1) is 6.61 Å². The zero-order valence-electron chi connectivity index (χ0n) is 9.24. The summed E-state index contributed by atoms with van der Waals surface area (Å²) >= 11 is 1.30. The lowest BCUT2D eigenvalue weighted by atomic mass is 10.2. The molecule has 0 aliphatic rings. The van der Waals surface area contributed by atoms with E-state index >= 15 is 0 Å². The normalized spacial score (nSPS) is 10.7. The van der Waals surface area contributed by atoms with Gasteiger partial charge in [-0.1, -0.05) is 20.8 Å². The van der Waals surface area contributed by atoms with Gasteiger partial charge in [-0.05, 0) is 18.4 Å². The van der Waals surface area contributed by atoms with Crippen molar-refractivity contribution in [3.05, 3.63) is 15.8 Å². The van der Waals surface area contributed by atoms with Crippen LogP contribution in [0.15, 0.2) is 6.07 Å². The molecule has 1 heterocycles. The van der Waals surface area contributed by atoms with Gasteiger partial charge in [0.2, 0.25) is 0 Å². The lowest BCUT2D eigenvalue weighted by Crippen LogP contribution is -2.00. The Kier molecular flexibility index (Phi) is 4.15. The molecule has 0 spiro atoms. The zero-order valence-corrected chi connectivity index (χ0v) is 10.1. The molecule has 0 aliphatic carbocycles. The highest BCUT2D eigenvalue weighted by Gasteiger charge is 2.17. The Balaban J connectivity index is 2.95. The van der Waals surface area contributed by atoms with Crippen LogP contribution in [-0.4, -0.2) is 17.7 Å². The monoisotopic (exact) mass is 228 g/mol. The minimum absolute atomic E-state index is 0.312. The topological polar surface area (TPSA) is 46.5 Å². The molecule has 1 N–H and O–H groups in total. The Hall–Kier alpha value is -1.03. The Labute approximate surface area is 93.7 Å². The first-order valence-electron chi connectivity index (χ1n) is 5.06. The maximum atomic E-state index is 11.0. The summed E-state index contributed by atoms with van der Waals surface area (Å²) in [7, 11) is 0. The highest BCUT2D eigenvalue weighted by molar-refractivity contribution is 7.14. The van der Waals surface area contributed by atoms with Crippen molar-refractivity contribution in [3.8, 4) is 5.75 Å². The minimum atomic E-state index is -0.905. The molecule has 0 bridgehead atoms. The van der Waals surface area contributed by atoms with Crippen molar-refractivity contribution in [1.29, 1.82) is 0 Å². The summed E-state index contributed by atoms with van der Waals surface area (Å²) in [6, 6.07) is 1.84. The number of carbonyl (C=O) groups is 1. The second-order valence-electron chi connectivity index (χ2n) is 3.65. The van der Waals surface area contributed by atoms with Crippen LogP contribution < -0.4 is 4.74 Å². The minimum Gasteiger partial charge on any atom is -0.492 e. The predicted octanol–water partition coefficient (Wildman–Crippen LogP) is 3.36. The molecule has 1 aromatic heterocycles. The molecule has 0 amide bonds. The van der Waals surface area contributed by atoms with E-state index in [1.807, 2.05) is 26.8 Å². The van der Waals surface area contributed by atoms with Gasteiger partial charge in [-0.25, -0.2) is 4.79 Å². The van der Waals surface area contributed by atoms with E-state index in [1.165, 1.54) is 11.3 Å². The first-order chi connectivity index (χ1) is 7.06. The standard InChI is InChI=1S/C11H16O3S/c1-4-5-14-8-6-9(7(2)3)15-10(8)11(12)13/h6-7H,4-5H2,1-3H3,(H,12,13). The van der Waals surface area contributed by atoms with Gasteiger partial charge in [0.1, 0.15) is 5.75 Å². The smallest absolute Gasteiger partial charge is 0.349 e. The van der Waals surface area contributed by atoms with Gasteiger partial charge in [-0.15, -0.1) is 11.3 Å². The van der Waals surface area contributed by atoms with E-state index in [4.69, 9.17) is 9.84 Å². The molecule has 0 fully saturated rings. The van der Waals surface area contributed by atoms with Crippen LogP contribution in [0.1, 0.15) is 47.7 Å². The van der Waals surface area contributed by atoms with Crippen LogP contribution in [0.4, 0.5) is 0 Å². The first kappa shape index (κ1) is 12.0. The molecule has 84 valence electrons. The van der Waals surface area contributed by atoms with Gasteiger partial charge < -0.3 is 9.84 Å². The summed E-state index contributed by atoms with van der Waals surface area (Å²) in [5.74, 6) is -0.0527. The number of ether oxygens (including phenoxy) is 1. The largest absolute Gasteiger partial charge is 0.492 e. The average molecular weight is 228 g/mol. The maximum Gasteiger partial charge on any atom is 0.349 e. The summed E-state index contributed by atoms with van der Waals surface area (Å²) in [6.07, 6.45) is 0.881. The van der Waals surface area contributed by atoms with Gasteiger partial charge >= 0.3 is 5.97 Å². The Morgan fingerprint density at radius 1 is 1.60 bits per heavy atom. The van der Waals surface area contributed by atoms with E-state index in [0.717, 1.165) is 11.3 Å². The second kappa shape index (κ2) is 5.16. The highest BCUT2D eigenvalue weighted by atomic mass is 32.1. The lowest BCUT2D eigenvalue weighted by Gasteiger charge is -2.02. The van der Waals surface area contributed by atoms with Crippen LogP contribution in [0, 0.1) is 0 Å². The van der Waals surface area contributed by atoms with E-state index in [2.05, 4.69) is 0 Å². The van der Waals surface area contributed by atoms with E-state index in [-0.39, 0.29) is 0 Å². The maximum absolute atomic E-state index is 11.0. The molecule has 15 heavy (non-hydrogen) atoms. The Bertz CT molecular complexity index is 342. The molecule has 1 rings (SSSR count). The van der Waals surface area contributed by atoms with E-state index < -0.39 is 5.97 Å². The molecule has 4 heteroatoms. The highest BCUT2D eigenvalue weighted by Crippen LogP contribution is 2.33. The molecular formula is C11H16O3S. The molecule has 0 saturated heterocycles. The lowest BCUT2D eigenvalue weighted by molar-refractivity contribution is 0.0698. The molecule has 0 saturated carbocycles. The fraction of sp³-hybridized carbons (Fsp3) is 0.545. The molecule has 3 nitrogen and oxygen atoms in total. The van der Waals surface area contributed by atoms with E-state index in [9.17, 15) is 4.79 Å². The van der Waals surface area contributed by atoms with Crippen molar-refractivity contribution >= 4 is 17.3 Å². The average Bonchev–Trinajstić information content (AvgIpc) is 2.58. The number of thiophene rings is 1. The second-order valence-corrected chi connectivity index (χ2v) is 4.73. The predicted molar refractivity (Wildman–Crippen MR) is 61.2 cm³/mol. The van der Waals surface area contributed by atoms with Crippen molar-refractivity contribution in [1.82, 2.24) is 0 Å². The van der Waals surface area contributed by atoms with Crippen LogP contribution in [-0.2, 0) is 0 Å². The van der Waals surface area contributed by atoms with Gasteiger partial charge in [-0.2, -0.15) is 0 Å². The summed E-state index contributed by atoms with van der Waals surface area (Å²) < 4.78 is 5.41. The van der Waals surface area contributed by atoms with E-state index in [0.29, 0.717) is 23.2 Å². The van der Waals surface area contributed by atoms with Crippen LogP contribution in [0.5, 0.6) is 5.75 Å². The van der Waals surface area contributed by atoms with Gasteiger partial charge in [0.15, 0.2) is 4.88 Å². The Morgan fingerprint density at radius 2 is 2.27 bits per heavy atom. The summed E-state index contributed by atoms with van der Waals surface area (Å²) in [6.45, 7) is 6.65. The van der Waals surface area contributed by atoms with Crippen LogP contribution >= 0.6 is 11.3 Å². The number of carboxylic acids is 1. The molecular weight excluding hydrogens is 212 g/mol. The molecule has 1 aromatic rings. The SMILES string of the molecule is CCCOc1cc(C(C)C)sc1C(=O)O. The van der Waals surface area contributed by atoms with E-state index in [1.54, 1.807) is 0 Å². The third-order valence-electron chi connectivity index (χ3n) is 1.94. The summed E-state index contributed by atoms with van der Waals surface area (Å²) in [5.41, 5.74) is 0. The third-order valence-corrected chi connectivity index (χ3v) is 3.35. The summed E-state index contributed by atoms with van der Waals surface area (Å²) in [5, 5.41) is 8.99. The first-order valence-corrected chi connectivity index (χ1v) is 5.87. The van der Waals surface area contributed by atoms with Crippen molar-refractivity contribution in [2.75, 3.05) is 6.61 Å². The number of aromatic carboxylic acids is 1. The molecule has 0 radical (unpaired) electrons. The van der Waals surface area contributed by atoms with Crippen LogP contribution in [0.25, 0.3) is 0 Å². The van der Waals surface area contributed by atoms with Crippen molar-refractivity contribution in [2.24, 2.45) is 0 Å². The number of carboxylic acid groups (broad SMARTS) is 1. The van der Waals surface area contributed by atoms with Gasteiger partial charge in [-0.3, -0.25) is 0 Å². The number of rotatable bonds is 5. The molecule has 0 atom stereocenters. The van der Waals surface area contributed by atoms with Crippen molar-refractivity contribution in [3.63, 3.8) is 0 Å². The van der Waals surface area contributed by atoms with Gasteiger partial charge in [0, 0.05) is 4.88 Å². The van der Waals surface area contributed by atoms with Gasteiger partial charge in [0.25, 0.3) is 0 Å². The number of hydrogen-bond donors (Lipinski definition) is 1. The molecule has 0 unspecified atom stereocenters. The van der Waals surface area contributed by atoms with Crippen molar-refractivity contribution < 1.29 is 14.6 Å². The number of hydrogen-bond acceptors (Lipinski definition) is 3.